The molecule has 0 bridgehead atoms. The molecule has 1 unspecified atom stereocenters. The average molecular weight is 322 g/mol. The minimum absolute atomic E-state index is 0.425. The number of rotatable bonds is 2. The largest absolute Gasteiger partial charge is 0.481 e. The van der Waals surface area contributed by atoms with Crippen LogP contribution in [0.3, 0.4) is 0 Å². The molecule has 120 valence electrons. The van der Waals surface area contributed by atoms with Crippen LogP contribution in [0.4, 0.5) is 10.5 Å². The molecule has 0 aromatic carbocycles. The van der Waals surface area contributed by atoms with E-state index in [0.29, 0.717) is 29.0 Å². The number of primary amides is 1. The van der Waals surface area contributed by atoms with Gasteiger partial charge < -0.3 is 10.5 Å². The van der Waals surface area contributed by atoms with Crippen LogP contribution in [0.2, 0.25) is 0 Å². The van der Waals surface area contributed by atoms with Crippen LogP contribution in [0.1, 0.15) is 19.3 Å². The molecule has 4 rings (SSSR count). The van der Waals surface area contributed by atoms with Crippen LogP contribution in [0, 0.1) is 6.42 Å². The minimum Gasteiger partial charge on any atom is -0.481 e. The third kappa shape index (κ3) is 2.09. The Morgan fingerprint density at radius 1 is 1.38 bits per heavy atom. The van der Waals surface area contributed by atoms with Crippen molar-refractivity contribution in [3.05, 3.63) is 42.6 Å². The standard InChI is InChI=1S/C17H15N5O2/c1-24-15-7-6-13-16(20-15)14(8-9-19-13)22(17(18)23)10-11-4-2-3-5-12(11)21-22/h6-10H,3-5H2,1H3,(H-,18,23)/p+1. The molecule has 3 heterocycles. The topological polar surface area (TPSA) is 90.5 Å². The van der Waals surface area contributed by atoms with E-state index in [9.17, 15) is 4.79 Å². The second-order valence-electron chi connectivity index (χ2n) is 5.70. The number of pyridine rings is 2. The molecule has 2 aromatic heterocycles. The maximum absolute atomic E-state index is 12.4. The summed E-state index contributed by atoms with van der Waals surface area (Å²) in [5.74, 6) is 0.443. The van der Waals surface area contributed by atoms with Gasteiger partial charge in [0.25, 0.3) is 0 Å². The van der Waals surface area contributed by atoms with Crippen LogP contribution in [0.5, 0.6) is 5.88 Å². The van der Waals surface area contributed by atoms with Crippen molar-refractivity contribution in [2.75, 3.05) is 7.11 Å². The van der Waals surface area contributed by atoms with E-state index in [1.165, 1.54) is 0 Å². The van der Waals surface area contributed by atoms with Gasteiger partial charge in [-0.15, -0.1) is 0 Å². The molecule has 7 heteroatoms. The lowest BCUT2D eigenvalue weighted by Crippen LogP contribution is -2.47. The van der Waals surface area contributed by atoms with E-state index in [-0.39, 0.29) is 0 Å². The van der Waals surface area contributed by atoms with E-state index >= 15 is 0 Å². The molecule has 2 aliphatic rings. The fraction of sp³-hybridized carbons (Fsp3) is 0.235. The van der Waals surface area contributed by atoms with Gasteiger partial charge in [-0.3, -0.25) is 4.98 Å². The number of carbonyl (C=O) groups is 1. The third-order valence-corrected chi connectivity index (χ3v) is 4.30. The second kappa shape index (κ2) is 5.38. The number of amides is 2. The van der Waals surface area contributed by atoms with Crippen molar-refractivity contribution in [1.82, 2.24) is 14.6 Å². The zero-order valence-corrected chi connectivity index (χ0v) is 13.2. The Balaban J connectivity index is 1.99. The Hall–Kier alpha value is -2.80. The molecule has 1 aliphatic carbocycles. The number of nitrogens with two attached hydrogens (primary N) is 1. The van der Waals surface area contributed by atoms with Crippen LogP contribution < -0.4 is 15.1 Å². The number of hydrogen-bond donors (Lipinski definition) is 1. The van der Waals surface area contributed by atoms with Crippen LogP contribution in [0.25, 0.3) is 11.0 Å². The highest BCUT2D eigenvalue weighted by molar-refractivity contribution is 6.08. The smallest absolute Gasteiger partial charge is 0.450 e. The Labute approximate surface area is 139 Å². The predicted molar refractivity (Wildman–Crippen MR) is 90.1 cm³/mol. The van der Waals surface area contributed by atoms with E-state index < -0.39 is 10.6 Å². The Bertz CT molecular complexity index is 881. The van der Waals surface area contributed by atoms with Crippen molar-refractivity contribution in [3.63, 3.8) is 0 Å². The number of allylic oxidation sites excluding steroid dienone is 1. The molecule has 0 spiro atoms. The number of urea groups is 1. The maximum atomic E-state index is 12.4. The summed E-state index contributed by atoms with van der Waals surface area (Å²) < 4.78 is 4.78. The fourth-order valence-corrected chi connectivity index (χ4v) is 3.11. The number of quaternary nitrogens is 1. The molecule has 1 saturated carbocycles. The van der Waals surface area contributed by atoms with E-state index in [2.05, 4.69) is 21.5 Å². The molecule has 24 heavy (non-hydrogen) atoms. The van der Waals surface area contributed by atoms with Crippen LogP contribution >= 0.6 is 0 Å². The fourth-order valence-electron chi connectivity index (χ4n) is 3.11. The van der Waals surface area contributed by atoms with Gasteiger partial charge in [-0.2, -0.15) is 0 Å². The van der Waals surface area contributed by atoms with Crippen LogP contribution in [-0.4, -0.2) is 28.8 Å². The average Bonchev–Trinajstić information content (AvgIpc) is 3.01. The van der Waals surface area contributed by atoms with Crippen molar-refractivity contribution < 1.29 is 9.53 Å². The first-order valence-electron chi connectivity index (χ1n) is 7.65. The number of ether oxygens (including phenoxy) is 1. The Morgan fingerprint density at radius 2 is 2.25 bits per heavy atom. The molecule has 1 fully saturated rings. The van der Waals surface area contributed by atoms with Crippen molar-refractivity contribution in [2.45, 2.75) is 19.3 Å². The number of methoxy groups -OCH3 is 1. The summed E-state index contributed by atoms with van der Waals surface area (Å²) in [6.45, 7) is 0. The molecule has 7 nitrogen and oxygen atoms in total. The van der Waals surface area contributed by atoms with E-state index in [4.69, 9.17) is 10.5 Å². The van der Waals surface area contributed by atoms with Gasteiger partial charge in [0.2, 0.25) is 11.6 Å². The zero-order chi connectivity index (χ0) is 16.7. The lowest BCUT2D eigenvalue weighted by Gasteiger charge is -2.21. The molecule has 1 aliphatic heterocycles. The first-order chi connectivity index (χ1) is 11.6. The Kier molecular flexibility index (Phi) is 3.31. The van der Waals surface area contributed by atoms with Gasteiger partial charge in [0.05, 0.1) is 12.6 Å². The number of aromatic nitrogens is 2. The summed E-state index contributed by atoms with van der Waals surface area (Å²) in [5.41, 5.74) is 9.43. The first kappa shape index (κ1) is 14.8. The summed E-state index contributed by atoms with van der Waals surface area (Å²) in [4.78, 5) is 21.2. The molecular formula is C17H16N5O2+. The summed E-state index contributed by atoms with van der Waals surface area (Å²) in [5, 5.41) is 4.66. The SMILES string of the molecule is COc1ccc2nccc([N+]3(C(N)=O)C=C4C[C]CCC4=N3)c2n1. The van der Waals surface area contributed by atoms with Crippen molar-refractivity contribution in [2.24, 2.45) is 10.8 Å². The van der Waals surface area contributed by atoms with Crippen molar-refractivity contribution in [1.29, 1.82) is 0 Å². The maximum Gasteiger partial charge on any atom is 0.450 e. The highest BCUT2D eigenvalue weighted by atomic mass is 16.5. The minimum atomic E-state index is -0.582. The summed E-state index contributed by atoms with van der Waals surface area (Å²) >= 11 is 0. The number of nitrogens with zero attached hydrogens (tertiary/aromatic N) is 4. The van der Waals surface area contributed by atoms with Crippen LogP contribution in [0.15, 0.2) is 41.3 Å². The highest BCUT2D eigenvalue weighted by Gasteiger charge is 2.45. The quantitative estimate of drug-likeness (QED) is 0.860. The van der Waals surface area contributed by atoms with Gasteiger partial charge in [0.15, 0.2) is 5.52 Å². The third-order valence-electron chi connectivity index (χ3n) is 4.30. The highest BCUT2D eigenvalue weighted by Crippen LogP contribution is 2.38. The van der Waals surface area contributed by atoms with Gasteiger partial charge in [-0.05, 0) is 31.7 Å². The lowest BCUT2D eigenvalue weighted by molar-refractivity contribution is 0.227. The predicted octanol–water partition coefficient (Wildman–Crippen LogP) is 2.54. The second-order valence-corrected chi connectivity index (χ2v) is 5.70. The first-order valence-corrected chi connectivity index (χ1v) is 7.65. The van der Waals surface area contributed by atoms with Crippen LogP contribution in [-0.2, 0) is 0 Å². The summed E-state index contributed by atoms with van der Waals surface area (Å²) in [6, 6.07) is 4.67. The zero-order valence-electron chi connectivity index (χ0n) is 13.2. The van der Waals surface area contributed by atoms with Gasteiger partial charge in [0.1, 0.15) is 11.9 Å². The van der Waals surface area contributed by atoms with E-state index in [0.717, 1.165) is 24.1 Å². The Morgan fingerprint density at radius 3 is 3.00 bits per heavy atom. The number of fused-ring (bicyclic) bond motifs is 2. The number of hydrogen-bond acceptors (Lipinski definition) is 5. The van der Waals surface area contributed by atoms with Crippen molar-refractivity contribution in [3.8, 4) is 5.88 Å². The van der Waals surface area contributed by atoms with Crippen molar-refractivity contribution >= 4 is 28.5 Å². The van der Waals surface area contributed by atoms with Gasteiger partial charge in [0, 0.05) is 23.9 Å². The normalized spacial score (nSPS) is 22.7. The summed E-state index contributed by atoms with van der Waals surface area (Å²) in [6.07, 6.45) is 8.97. The lowest BCUT2D eigenvalue weighted by atomic mass is 9.94. The molecular weight excluding hydrogens is 306 g/mol. The molecule has 0 saturated heterocycles. The molecule has 2 amide bonds. The number of carbonyl (C=O) groups excluding carboxylic acids is 1. The molecule has 1 atom stereocenters. The van der Waals surface area contributed by atoms with Gasteiger partial charge >= 0.3 is 6.03 Å². The molecule has 2 radical (unpaired) electrons. The van der Waals surface area contributed by atoms with E-state index in [1.54, 1.807) is 37.7 Å². The summed E-state index contributed by atoms with van der Waals surface area (Å²) in [7, 11) is 1.54. The molecule has 2 aromatic rings. The molecule has 2 N–H and O–H groups in total. The van der Waals surface area contributed by atoms with E-state index in [1.807, 2.05) is 0 Å². The monoisotopic (exact) mass is 322 g/mol. The van der Waals surface area contributed by atoms with Gasteiger partial charge in [-0.25, -0.2) is 9.78 Å². The van der Waals surface area contributed by atoms with Gasteiger partial charge in [-0.1, -0.05) is 9.69 Å².